The summed E-state index contributed by atoms with van der Waals surface area (Å²) in [6.07, 6.45) is 5.54. The Bertz CT molecular complexity index is 1420. The van der Waals surface area contributed by atoms with Gasteiger partial charge in [0.1, 0.15) is 30.1 Å². The second-order valence-corrected chi connectivity index (χ2v) is 17.3. The number of nitrogens with zero attached hydrogens (tertiary/aromatic N) is 1. The van der Waals surface area contributed by atoms with E-state index in [4.69, 9.17) is 10.5 Å². The molecular weight excluding hydrogens is 659 g/mol. The number of amides is 5. The van der Waals surface area contributed by atoms with Gasteiger partial charge in [-0.05, 0) is 58.7 Å². The van der Waals surface area contributed by atoms with Crippen LogP contribution in [0.1, 0.15) is 86.1 Å². The number of carbonyl (C=O) groups excluding carboxylic acids is 6. The van der Waals surface area contributed by atoms with E-state index < -0.39 is 64.4 Å². The zero-order valence-electron chi connectivity index (χ0n) is 30.5. The molecule has 4 rings (SSSR count). The molecular formula is C37H55N5O7S. The van der Waals surface area contributed by atoms with Crippen LogP contribution in [0, 0.1) is 34.5 Å². The molecule has 12 nitrogen and oxygen atoms in total. The number of thioether (sulfide) groups is 1. The van der Waals surface area contributed by atoms with Crippen molar-refractivity contribution >= 4 is 47.3 Å². The van der Waals surface area contributed by atoms with Crippen LogP contribution in [-0.2, 0) is 35.3 Å². The number of primary amides is 1. The molecule has 5 N–H and O–H groups in total. The van der Waals surface area contributed by atoms with Crippen LogP contribution >= 0.6 is 11.8 Å². The number of urea groups is 1. The average molecular weight is 714 g/mol. The van der Waals surface area contributed by atoms with Crippen molar-refractivity contribution in [2.75, 3.05) is 12.3 Å². The highest BCUT2D eigenvalue weighted by molar-refractivity contribution is 8.00. The Labute approximate surface area is 300 Å². The molecule has 2 saturated carbocycles. The number of Topliss-reactive ketones (excluding diaryl/α,β-unsaturated/α-hetero) is 1. The minimum absolute atomic E-state index is 0.0433. The van der Waals surface area contributed by atoms with E-state index in [0.717, 1.165) is 18.4 Å². The number of rotatable bonds is 16. The quantitative estimate of drug-likeness (QED) is 0.0867. The molecule has 1 unspecified atom stereocenters. The van der Waals surface area contributed by atoms with Crippen molar-refractivity contribution in [3.8, 4) is 0 Å². The van der Waals surface area contributed by atoms with Crippen molar-refractivity contribution in [3.63, 3.8) is 0 Å². The molecule has 13 heteroatoms. The first-order valence-electron chi connectivity index (χ1n) is 17.8. The van der Waals surface area contributed by atoms with Gasteiger partial charge in [-0.25, -0.2) is 9.59 Å². The molecule has 6 atom stereocenters. The summed E-state index contributed by atoms with van der Waals surface area (Å²) in [6, 6.07) is 5.55. The number of hydrogen-bond donors (Lipinski definition) is 4. The minimum Gasteiger partial charge on any atom is -0.459 e. The maximum absolute atomic E-state index is 14.3. The van der Waals surface area contributed by atoms with Crippen molar-refractivity contribution in [3.05, 3.63) is 35.9 Å². The van der Waals surface area contributed by atoms with Gasteiger partial charge in [0.25, 0.3) is 11.7 Å². The summed E-state index contributed by atoms with van der Waals surface area (Å²) in [5.41, 5.74) is 5.17. The number of likely N-dealkylation sites (tertiary alicyclic amines) is 1. The zero-order chi connectivity index (χ0) is 37.0. The fourth-order valence-electron chi connectivity index (χ4n) is 7.14. The number of nitrogens with two attached hydrogens (primary N) is 1. The number of carbonyl (C=O) groups is 6. The summed E-state index contributed by atoms with van der Waals surface area (Å²) in [7, 11) is 0. The lowest BCUT2D eigenvalue weighted by Crippen LogP contribution is -2.62. The third kappa shape index (κ3) is 9.38. The summed E-state index contributed by atoms with van der Waals surface area (Å²) in [6.45, 7) is 13.4. The highest BCUT2D eigenvalue weighted by atomic mass is 32.2. The smallest absolute Gasteiger partial charge is 0.329 e. The molecule has 0 spiro atoms. The van der Waals surface area contributed by atoms with Crippen molar-refractivity contribution in [1.82, 2.24) is 20.9 Å². The molecule has 3 fully saturated rings. The molecule has 1 heterocycles. The number of benzene rings is 1. The maximum atomic E-state index is 14.3. The Balaban J connectivity index is 1.45. The van der Waals surface area contributed by atoms with Crippen molar-refractivity contribution in [2.45, 2.75) is 111 Å². The van der Waals surface area contributed by atoms with Crippen LogP contribution in [0.3, 0.4) is 0 Å². The Morgan fingerprint density at radius 2 is 1.68 bits per heavy atom. The molecule has 50 heavy (non-hydrogen) atoms. The second-order valence-electron chi connectivity index (χ2n) is 16.0. The fraction of sp³-hybridized carbons (Fsp3) is 0.676. The van der Waals surface area contributed by atoms with Gasteiger partial charge in [-0.3, -0.25) is 19.2 Å². The summed E-state index contributed by atoms with van der Waals surface area (Å²) in [5, 5.41) is 7.08. The number of nitrogens with one attached hydrogen (secondary N) is 3. The van der Waals surface area contributed by atoms with Gasteiger partial charge in [-0.1, -0.05) is 98.1 Å². The molecule has 1 aliphatic heterocycles. The Morgan fingerprint density at radius 1 is 1.02 bits per heavy atom. The summed E-state index contributed by atoms with van der Waals surface area (Å²) in [4.78, 5) is 81.0. The van der Waals surface area contributed by atoms with Gasteiger partial charge >= 0.3 is 12.0 Å². The SMILES string of the molecule is CC(C)[C@@H](NC(=O)N[C@H](C(=O)N1C[C@H]2[C@@H]([C@H]1C(=O)NC(SCCCC1CCC1)C(=O)C(N)=O)C2(C)C)C(C)(C)C)C(=O)OCc1ccccc1. The predicted octanol–water partition coefficient (Wildman–Crippen LogP) is 3.76. The van der Waals surface area contributed by atoms with E-state index in [9.17, 15) is 28.8 Å². The monoisotopic (exact) mass is 713 g/mol. The lowest BCUT2D eigenvalue weighted by Gasteiger charge is -2.38. The van der Waals surface area contributed by atoms with Gasteiger partial charge in [0, 0.05) is 6.54 Å². The topological polar surface area (TPSA) is 177 Å². The minimum atomic E-state index is -1.16. The molecule has 0 bridgehead atoms. The molecule has 276 valence electrons. The average Bonchev–Trinajstić information content (AvgIpc) is 3.33. The van der Waals surface area contributed by atoms with E-state index in [1.165, 1.54) is 35.9 Å². The van der Waals surface area contributed by atoms with Gasteiger partial charge in [-0.15, -0.1) is 11.8 Å². The zero-order valence-corrected chi connectivity index (χ0v) is 31.3. The molecule has 1 aromatic carbocycles. The lowest BCUT2D eigenvalue weighted by molar-refractivity contribution is -0.148. The molecule has 5 amide bonds. The van der Waals surface area contributed by atoms with Crippen molar-refractivity contribution in [1.29, 1.82) is 0 Å². The highest BCUT2D eigenvalue weighted by Gasteiger charge is 2.70. The van der Waals surface area contributed by atoms with Crippen molar-refractivity contribution in [2.24, 2.45) is 40.2 Å². The molecule has 2 aliphatic carbocycles. The van der Waals surface area contributed by atoms with Crippen LogP contribution in [0.5, 0.6) is 0 Å². The van der Waals surface area contributed by atoms with Crippen LogP contribution in [0.25, 0.3) is 0 Å². The predicted molar refractivity (Wildman–Crippen MR) is 191 cm³/mol. The van der Waals surface area contributed by atoms with Gasteiger partial charge in [0.15, 0.2) is 0 Å². The number of piperidine rings is 1. The Hall–Kier alpha value is -3.61. The number of ether oxygens (including phenoxy) is 1. The second kappa shape index (κ2) is 16.2. The number of esters is 1. The first-order chi connectivity index (χ1) is 23.4. The van der Waals surface area contributed by atoms with E-state index in [1.807, 2.05) is 65.0 Å². The Morgan fingerprint density at radius 3 is 2.24 bits per heavy atom. The number of ketones is 1. The van der Waals surface area contributed by atoms with Crippen LogP contribution in [0.4, 0.5) is 4.79 Å². The molecule has 3 aliphatic rings. The molecule has 1 aromatic rings. The normalized spacial score (nSPS) is 22.7. The summed E-state index contributed by atoms with van der Waals surface area (Å²) in [5.74, 6) is -2.75. The standard InChI is InChI=1S/C37H55N5O7S/c1-21(2)26(34(47)49-20-23-13-9-8-10-14-23)39-35(48)40-29(36(3,4)5)33(46)42-19-24-25(37(24,6)7)27(42)31(45)41-32(28(43)30(38)44)50-18-12-17-22-15-11-16-22/h8-10,13-14,21-22,24-27,29,32H,11-12,15-20H2,1-7H3,(H2,38,44)(H,41,45)(H2,39,40,48)/t24-,25-,26+,27-,29+,32?/m0/s1. The number of fused-ring (bicyclic) bond motifs is 1. The van der Waals surface area contributed by atoms with Crippen LogP contribution in [0.15, 0.2) is 30.3 Å². The highest BCUT2D eigenvalue weighted by Crippen LogP contribution is 2.65. The van der Waals surface area contributed by atoms with Crippen LogP contribution in [-0.4, -0.2) is 76.2 Å². The van der Waals surface area contributed by atoms with E-state index in [0.29, 0.717) is 18.2 Å². The maximum Gasteiger partial charge on any atom is 0.329 e. The van der Waals surface area contributed by atoms with Gasteiger partial charge in [-0.2, -0.15) is 0 Å². The molecule has 0 aromatic heterocycles. The van der Waals surface area contributed by atoms with E-state index in [-0.39, 0.29) is 29.8 Å². The lowest BCUT2D eigenvalue weighted by atomic mass is 9.82. The summed E-state index contributed by atoms with van der Waals surface area (Å²) >= 11 is 1.19. The van der Waals surface area contributed by atoms with Gasteiger partial charge in [0.2, 0.25) is 11.8 Å². The third-order valence-corrected chi connectivity index (χ3v) is 11.8. The van der Waals surface area contributed by atoms with Crippen molar-refractivity contribution < 1.29 is 33.5 Å². The van der Waals surface area contributed by atoms with Gasteiger partial charge < -0.3 is 31.3 Å². The molecule has 0 radical (unpaired) electrons. The van der Waals surface area contributed by atoms with E-state index in [1.54, 1.807) is 13.8 Å². The summed E-state index contributed by atoms with van der Waals surface area (Å²) < 4.78 is 5.49. The molecule has 1 saturated heterocycles. The number of hydrogen-bond acceptors (Lipinski definition) is 8. The third-order valence-electron chi connectivity index (χ3n) is 10.6. The van der Waals surface area contributed by atoms with Crippen LogP contribution < -0.4 is 21.7 Å². The first kappa shape index (κ1) is 39.2. The first-order valence-corrected chi connectivity index (χ1v) is 18.8. The van der Waals surface area contributed by atoms with E-state index in [2.05, 4.69) is 16.0 Å². The van der Waals surface area contributed by atoms with Crippen LogP contribution in [0.2, 0.25) is 0 Å². The largest absolute Gasteiger partial charge is 0.459 e. The fourth-order valence-corrected chi connectivity index (χ4v) is 8.18. The van der Waals surface area contributed by atoms with E-state index >= 15 is 0 Å². The Kier molecular flexibility index (Phi) is 12.7. The van der Waals surface area contributed by atoms with Gasteiger partial charge in [0.05, 0.1) is 0 Å².